The molecule has 2 aromatic rings. The molecule has 0 fully saturated rings. The van der Waals surface area contributed by atoms with Crippen molar-refractivity contribution in [2.45, 2.75) is 19.9 Å². The molecule has 4 heteroatoms. The summed E-state index contributed by atoms with van der Waals surface area (Å²) in [6.45, 7) is 3.68. The first-order valence-electron chi connectivity index (χ1n) is 5.83. The summed E-state index contributed by atoms with van der Waals surface area (Å²) in [5.74, 6) is 0.436. The van der Waals surface area contributed by atoms with Crippen LogP contribution in [0.15, 0.2) is 30.6 Å². The van der Waals surface area contributed by atoms with Crippen LogP contribution in [0.4, 0.5) is 4.39 Å². The molecule has 0 bridgehead atoms. The van der Waals surface area contributed by atoms with E-state index in [4.69, 9.17) is 0 Å². The van der Waals surface area contributed by atoms with Gasteiger partial charge in [0.05, 0.1) is 6.04 Å². The zero-order chi connectivity index (χ0) is 13.1. The highest BCUT2D eigenvalue weighted by molar-refractivity contribution is 5.29. The molecule has 1 aromatic heterocycles. The highest BCUT2D eigenvalue weighted by Crippen LogP contribution is 2.20. The monoisotopic (exact) mass is 245 g/mol. The second-order valence-corrected chi connectivity index (χ2v) is 4.35. The van der Waals surface area contributed by atoms with Crippen molar-refractivity contribution in [3.63, 3.8) is 0 Å². The molecule has 0 saturated heterocycles. The minimum absolute atomic E-state index is 0.194. The van der Waals surface area contributed by atoms with Gasteiger partial charge in [-0.05, 0) is 43.7 Å². The Hall–Kier alpha value is -1.81. The SMILES string of the molecule is CNC(c1ccc(C)c(F)c1)c1ncc(C)cn1. The van der Waals surface area contributed by atoms with E-state index in [1.807, 2.05) is 20.0 Å². The van der Waals surface area contributed by atoms with Crippen LogP contribution in [0.25, 0.3) is 0 Å². The third kappa shape index (κ3) is 2.54. The first-order valence-corrected chi connectivity index (χ1v) is 5.83. The largest absolute Gasteiger partial charge is 0.307 e. The van der Waals surface area contributed by atoms with Gasteiger partial charge in [-0.2, -0.15) is 0 Å². The Balaban J connectivity index is 2.38. The fraction of sp³-hybridized carbons (Fsp3) is 0.286. The quantitative estimate of drug-likeness (QED) is 0.903. The van der Waals surface area contributed by atoms with E-state index in [0.29, 0.717) is 11.4 Å². The summed E-state index contributed by atoms with van der Waals surface area (Å²) in [5, 5.41) is 3.11. The number of benzene rings is 1. The molecule has 1 aromatic carbocycles. The van der Waals surface area contributed by atoms with E-state index < -0.39 is 0 Å². The Bertz CT molecular complexity index is 537. The smallest absolute Gasteiger partial charge is 0.149 e. The van der Waals surface area contributed by atoms with Gasteiger partial charge in [0.1, 0.15) is 11.6 Å². The van der Waals surface area contributed by atoms with Crippen molar-refractivity contribution in [2.75, 3.05) is 7.05 Å². The van der Waals surface area contributed by atoms with Gasteiger partial charge in [0.15, 0.2) is 0 Å². The van der Waals surface area contributed by atoms with Crippen molar-refractivity contribution in [1.82, 2.24) is 15.3 Å². The second kappa shape index (κ2) is 5.23. The molecule has 3 nitrogen and oxygen atoms in total. The number of aryl methyl sites for hydroxylation is 2. The van der Waals surface area contributed by atoms with Crippen LogP contribution in [0.2, 0.25) is 0 Å². The van der Waals surface area contributed by atoms with Crippen LogP contribution in [0.5, 0.6) is 0 Å². The maximum absolute atomic E-state index is 13.6. The minimum atomic E-state index is -0.208. The minimum Gasteiger partial charge on any atom is -0.307 e. The molecule has 94 valence electrons. The lowest BCUT2D eigenvalue weighted by molar-refractivity contribution is 0.601. The average Bonchev–Trinajstić information content (AvgIpc) is 2.37. The van der Waals surface area contributed by atoms with Gasteiger partial charge in [-0.3, -0.25) is 0 Å². The number of nitrogens with one attached hydrogen (secondary N) is 1. The molecule has 1 N–H and O–H groups in total. The van der Waals surface area contributed by atoms with E-state index in [-0.39, 0.29) is 11.9 Å². The van der Waals surface area contributed by atoms with Crippen LogP contribution in [0.3, 0.4) is 0 Å². The number of hydrogen-bond donors (Lipinski definition) is 1. The first-order chi connectivity index (χ1) is 8.61. The van der Waals surface area contributed by atoms with Gasteiger partial charge < -0.3 is 5.32 Å². The van der Waals surface area contributed by atoms with Crippen molar-refractivity contribution in [1.29, 1.82) is 0 Å². The fourth-order valence-corrected chi connectivity index (χ4v) is 1.79. The van der Waals surface area contributed by atoms with Crippen LogP contribution in [0.1, 0.15) is 28.6 Å². The Morgan fingerprint density at radius 3 is 2.39 bits per heavy atom. The van der Waals surface area contributed by atoms with Crippen LogP contribution in [-0.4, -0.2) is 17.0 Å². The van der Waals surface area contributed by atoms with Gasteiger partial charge >= 0.3 is 0 Å². The van der Waals surface area contributed by atoms with Crippen LogP contribution >= 0.6 is 0 Å². The molecule has 0 saturated carbocycles. The molecule has 1 unspecified atom stereocenters. The number of nitrogens with zero attached hydrogens (tertiary/aromatic N) is 2. The number of rotatable bonds is 3. The summed E-state index contributed by atoms with van der Waals surface area (Å²) in [4.78, 5) is 8.56. The topological polar surface area (TPSA) is 37.8 Å². The lowest BCUT2D eigenvalue weighted by atomic mass is 10.0. The maximum Gasteiger partial charge on any atom is 0.149 e. The van der Waals surface area contributed by atoms with E-state index in [1.54, 1.807) is 25.4 Å². The molecule has 0 radical (unpaired) electrons. The summed E-state index contributed by atoms with van der Waals surface area (Å²) >= 11 is 0. The fourth-order valence-electron chi connectivity index (χ4n) is 1.79. The number of aromatic nitrogens is 2. The maximum atomic E-state index is 13.6. The van der Waals surface area contributed by atoms with E-state index in [0.717, 1.165) is 11.1 Å². The Morgan fingerprint density at radius 1 is 1.17 bits per heavy atom. The Kier molecular flexibility index (Phi) is 3.67. The van der Waals surface area contributed by atoms with Crippen molar-refractivity contribution in [2.24, 2.45) is 0 Å². The summed E-state index contributed by atoms with van der Waals surface area (Å²) in [6.07, 6.45) is 3.52. The third-order valence-electron chi connectivity index (χ3n) is 2.88. The van der Waals surface area contributed by atoms with Gasteiger partial charge in [-0.1, -0.05) is 12.1 Å². The second-order valence-electron chi connectivity index (χ2n) is 4.35. The first kappa shape index (κ1) is 12.6. The summed E-state index contributed by atoms with van der Waals surface area (Å²) in [7, 11) is 1.81. The Morgan fingerprint density at radius 2 is 1.83 bits per heavy atom. The van der Waals surface area contributed by atoms with E-state index >= 15 is 0 Å². The zero-order valence-corrected chi connectivity index (χ0v) is 10.7. The van der Waals surface area contributed by atoms with Gasteiger partial charge in [-0.25, -0.2) is 14.4 Å². The van der Waals surface area contributed by atoms with Crippen LogP contribution < -0.4 is 5.32 Å². The molecule has 0 aliphatic rings. The molecule has 0 aliphatic heterocycles. The molecule has 0 spiro atoms. The number of hydrogen-bond acceptors (Lipinski definition) is 3. The highest BCUT2D eigenvalue weighted by Gasteiger charge is 2.15. The summed E-state index contributed by atoms with van der Waals surface area (Å²) in [6, 6.07) is 4.99. The third-order valence-corrected chi connectivity index (χ3v) is 2.88. The predicted octanol–water partition coefficient (Wildman–Crippen LogP) is 2.54. The molecule has 1 atom stereocenters. The molecule has 0 aliphatic carbocycles. The van der Waals surface area contributed by atoms with Crippen LogP contribution in [0, 0.1) is 19.7 Å². The van der Waals surface area contributed by atoms with E-state index in [1.165, 1.54) is 6.07 Å². The van der Waals surface area contributed by atoms with Gasteiger partial charge in [0, 0.05) is 12.4 Å². The average molecular weight is 245 g/mol. The molecular weight excluding hydrogens is 229 g/mol. The van der Waals surface area contributed by atoms with Crippen molar-refractivity contribution < 1.29 is 4.39 Å². The standard InChI is InChI=1S/C14H16FN3/c1-9-7-17-14(18-8-9)13(16-3)11-5-4-10(2)12(15)6-11/h4-8,13,16H,1-3H3. The lowest BCUT2D eigenvalue weighted by Crippen LogP contribution is -2.20. The molecular formula is C14H16FN3. The predicted molar refractivity (Wildman–Crippen MR) is 68.8 cm³/mol. The highest BCUT2D eigenvalue weighted by atomic mass is 19.1. The van der Waals surface area contributed by atoms with Gasteiger partial charge in [0.2, 0.25) is 0 Å². The normalized spacial score (nSPS) is 12.4. The van der Waals surface area contributed by atoms with Crippen molar-refractivity contribution >= 4 is 0 Å². The van der Waals surface area contributed by atoms with E-state index in [9.17, 15) is 4.39 Å². The molecule has 1 heterocycles. The molecule has 0 amide bonds. The zero-order valence-electron chi connectivity index (χ0n) is 10.7. The lowest BCUT2D eigenvalue weighted by Gasteiger charge is -2.15. The van der Waals surface area contributed by atoms with Gasteiger partial charge in [-0.15, -0.1) is 0 Å². The molecule has 2 rings (SSSR count). The summed E-state index contributed by atoms with van der Waals surface area (Å²) < 4.78 is 13.6. The van der Waals surface area contributed by atoms with Crippen molar-refractivity contribution in [3.05, 3.63) is 58.9 Å². The van der Waals surface area contributed by atoms with Gasteiger partial charge in [0.25, 0.3) is 0 Å². The van der Waals surface area contributed by atoms with Crippen molar-refractivity contribution in [3.8, 4) is 0 Å². The molecule has 18 heavy (non-hydrogen) atoms. The number of halogens is 1. The summed E-state index contributed by atoms with van der Waals surface area (Å²) in [5.41, 5.74) is 2.46. The Labute approximate surface area is 106 Å². The van der Waals surface area contributed by atoms with E-state index in [2.05, 4.69) is 15.3 Å². The van der Waals surface area contributed by atoms with Crippen LogP contribution in [-0.2, 0) is 0 Å².